The van der Waals surface area contributed by atoms with E-state index in [4.69, 9.17) is 4.74 Å². The van der Waals surface area contributed by atoms with E-state index in [1.165, 1.54) is 7.11 Å². The summed E-state index contributed by atoms with van der Waals surface area (Å²) in [4.78, 5) is 25.2. The summed E-state index contributed by atoms with van der Waals surface area (Å²) in [5.74, 6) is -0.606. The number of ether oxygens (including phenoxy) is 2. The highest BCUT2D eigenvalue weighted by Gasteiger charge is 2.30. The average molecular weight is 259 g/mol. The third-order valence-corrected chi connectivity index (χ3v) is 2.72. The predicted octanol–water partition coefficient (Wildman–Crippen LogP) is 1.60. The molecular weight excluding hydrogens is 234 g/mol. The lowest BCUT2D eigenvalue weighted by Gasteiger charge is -2.32. The molecule has 18 heavy (non-hydrogen) atoms. The van der Waals surface area contributed by atoms with Crippen molar-refractivity contribution in [2.24, 2.45) is 0 Å². The van der Waals surface area contributed by atoms with Crippen molar-refractivity contribution in [3.63, 3.8) is 0 Å². The molecule has 0 spiro atoms. The summed E-state index contributed by atoms with van der Waals surface area (Å²) in [6.07, 6.45) is 1.53. The van der Waals surface area contributed by atoms with Crippen molar-refractivity contribution in [3.05, 3.63) is 0 Å². The molecule has 0 saturated carbocycles. The molecule has 0 aromatic rings. The number of nitrogens with zero attached hydrogens (tertiary/aromatic N) is 1. The number of carbonyl (C=O) groups excluding carboxylic acids is 2. The molecule has 0 saturated heterocycles. The van der Waals surface area contributed by atoms with Crippen molar-refractivity contribution in [1.82, 2.24) is 4.90 Å². The quantitative estimate of drug-likeness (QED) is 0.620. The third-order valence-electron chi connectivity index (χ3n) is 2.72. The number of hydrogen-bond acceptors (Lipinski definition) is 5. The van der Waals surface area contributed by atoms with Crippen molar-refractivity contribution in [2.75, 3.05) is 20.3 Å². The van der Waals surface area contributed by atoms with Gasteiger partial charge in [-0.05, 0) is 27.2 Å². The van der Waals surface area contributed by atoms with Crippen LogP contribution in [0.1, 0.15) is 40.5 Å². The molecule has 0 aromatic carbocycles. The van der Waals surface area contributed by atoms with Crippen molar-refractivity contribution in [1.29, 1.82) is 0 Å². The van der Waals surface area contributed by atoms with Gasteiger partial charge in [-0.25, -0.2) is 0 Å². The molecule has 1 unspecified atom stereocenters. The molecule has 0 radical (unpaired) electrons. The Morgan fingerprint density at radius 2 is 1.83 bits per heavy atom. The molecule has 1 atom stereocenters. The van der Waals surface area contributed by atoms with Gasteiger partial charge in [0, 0.05) is 6.04 Å². The molecule has 0 fully saturated rings. The summed E-state index contributed by atoms with van der Waals surface area (Å²) >= 11 is 0. The Morgan fingerprint density at radius 3 is 2.22 bits per heavy atom. The fourth-order valence-electron chi connectivity index (χ4n) is 1.80. The van der Waals surface area contributed by atoms with Crippen LogP contribution in [0.4, 0.5) is 0 Å². The van der Waals surface area contributed by atoms with Crippen LogP contribution in [-0.4, -0.2) is 49.2 Å². The summed E-state index contributed by atoms with van der Waals surface area (Å²) < 4.78 is 9.74. The largest absolute Gasteiger partial charge is 0.468 e. The molecule has 0 amide bonds. The van der Waals surface area contributed by atoms with Gasteiger partial charge in [0.2, 0.25) is 0 Å². The van der Waals surface area contributed by atoms with Crippen LogP contribution in [0, 0.1) is 0 Å². The molecule has 0 aliphatic carbocycles. The maximum atomic E-state index is 11.9. The van der Waals surface area contributed by atoms with Gasteiger partial charge in [0.25, 0.3) is 0 Å². The highest BCUT2D eigenvalue weighted by atomic mass is 16.5. The molecule has 5 nitrogen and oxygen atoms in total. The van der Waals surface area contributed by atoms with Crippen molar-refractivity contribution in [3.8, 4) is 0 Å². The lowest BCUT2D eigenvalue weighted by Crippen LogP contribution is -2.48. The van der Waals surface area contributed by atoms with Gasteiger partial charge in [0.1, 0.15) is 6.04 Å². The molecule has 0 aliphatic rings. The zero-order valence-electron chi connectivity index (χ0n) is 12.1. The Kier molecular flexibility index (Phi) is 8.37. The zero-order chi connectivity index (χ0) is 14.1. The van der Waals surface area contributed by atoms with E-state index >= 15 is 0 Å². The second kappa shape index (κ2) is 8.91. The maximum absolute atomic E-state index is 11.9. The fourth-order valence-corrected chi connectivity index (χ4v) is 1.80. The molecule has 0 rings (SSSR count). The Balaban J connectivity index is 4.85. The van der Waals surface area contributed by atoms with Gasteiger partial charge in [-0.15, -0.1) is 0 Å². The smallest absolute Gasteiger partial charge is 0.323 e. The molecule has 0 heterocycles. The van der Waals surface area contributed by atoms with E-state index in [0.717, 1.165) is 6.42 Å². The van der Waals surface area contributed by atoms with Crippen LogP contribution in [0.25, 0.3) is 0 Å². The minimum Gasteiger partial charge on any atom is -0.468 e. The van der Waals surface area contributed by atoms with Crippen LogP contribution < -0.4 is 0 Å². The summed E-state index contributed by atoms with van der Waals surface area (Å²) in [7, 11) is 1.35. The Hall–Kier alpha value is -1.10. The molecular formula is C13H25NO4. The van der Waals surface area contributed by atoms with E-state index in [2.05, 4.69) is 4.74 Å². The van der Waals surface area contributed by atoms with Crippen molar-refractivity contribution < 1.29 is 19.1 Å². The van der Waals surface area contributed by atoms with Crippen LogP contribution in [0.5, 0.6) is 0 Å². The topological polar surface area (TPSA) is 55.8 Å². The number of esters is 2. The number of methoxy groups -OCH3 is 1. The van der Waals surface area contributed by atoms with Crippen LogP contribution >= 0.6 is 0 Å². The van der Waals surface area contributed by atoms with Gasteiger partial charge in [-0.3, -0.25) is 14.5 Å². The molecule has 5 heteroatoms. The monoisotopic (exact) mass is 259 g/mol. The van der Waals surface area contributed by atoms with Crippen LogP contribution in [-0.2, 0) is 19.1 Å². The maximum Gasteiger partial charge on any atom is 0.323 e. The normalized spacial score (nSPS) is 12.6. The standard InChI is InChI=1S/C13H25NO4/c1-6-8-11(13(16)18-7-2)14(10(3)4)9-12(15)17-5/h10-11H,6-9H2,1-5H3. The van der Waals surface area contributed by atoms with Crippen molar-refractivity contribution >= 4 is 11.9 Å². The first-order valence-electron chi connectivity index (χ1n) is 6.47. The van der Waals surface area contributed by atoms with Crippen LogP contribution in [0.2, 0.25) is 0 Å². The fraction of sp³-hybridized carbons (Fsp3) is 0.846. The molecule has 0 bridgehead atoms. The molecule has 0 aromatic heterocycles. The van der Waals surface area contributed by atoms with E-state index in [-0.39, 0.29) is 30.6 Å². The van der Waals surface area contributed by atoms with E-state index in [1.54, 1.807) is 6.92 Å². The van der Waals surface area contributed by atoms with Crippen molar-refractivity contribution in [2.45, 2.75) is 52.6 Å². The van der Waals surface area contributed by atoms with Gasteiger partial charge >= 0.3 is 11.9 Å². The molecule has 106 valence electrons. The van der Waals surface area contributed by atoms with Gasteiger partial charge in [-0.1, -0.05) is 13.3 Å². The second-order valence-electron chi connectivity index (χ2n) is 4.40. The number of carbonyl (C=O) groups is 2. The van der Waals surface area contributed by atoms with Gasteiger partial charge < -0.3 is 9.47 Å². The highest BCUT2D eigenvalue weighted by molar-refractivity contribution is 5.77. The summed E-state index contributed by atoms with van der Waals surface area (Å²) in [5.41, 5.74) is 0. The highest BCUT2D eigenvalue weighted by Crippen LogP contribution is 2.13. The average Bonchev–Trinajstić information content (AvgIpc) is 2.33. The van der Waals surface area contributed by atoms with E-state index in [9.17, 15) is 9.59 Å². The minimum atomic E-state index is -0.381. The van der Waals surface area contributed by atoms with Gasteiger partial charge in [0.05, 0.1) is 20.3 Å². The summed E-state index contributed by atoms with van der Waals surface area (Å²) in [5, 5.41) is 0. The van der Waals surface area contributed by atoms with Crippen LogP contribution in [0.15, 0.2) is 0 Å². The molecule has 0 aliphatic heterocycles. The minimum absolute atomic E-state index is 0.0741. The lowest BCUT2D eigenvalue weighted by molar-refractivity contribution is -0.153. The molecule has 0 N–H and O–H groups in total. The number of rotatable bonds is 8. The zero-order valence-corrected chi connectivity index (χ0v) is 12.1. The first-order valence-corrected chi connectivity index (χ1v) is 6.47. The SMILES string of the molecule is CCCC(C(=O)OCC)N(CC(=O)OC)C(C)C. The third kappa shape index (κ3) is 5.49. The van der Waals surface area contributed by atoms with Gasteiger partial charge in [-0.2, -0.15) is 0 Å². The second-order valence-corrected chi connectivity index (χ2v) is 4.40. The Bertz CT molecular complexity index is 266. The predicted molar refractivity (Wildman–Crippen MR) is 69.2 cm³/mol. The van der Waals surface area contributed by atoms with Crippen LogP contribution in [0.3, 0.4) is 0 Å². The Labute approximate surface area is 109 Å². The number of hydrogen-bond donors (Lipinski definition) is 0. The first kappa shape index (κ1) is 16.9. The van der Waals surface area contributed by atoms with E-state index < -0.39 is 0 Å². The van der Waals surface area contributed by atoms with Gasteiger partial charge in [0.15, 0.2) is 0 Å². The first-order chi connectivity index (χ1) is 8.47. The summed E-state index contributed by atoms with van der Waals surface area (Å²) in [6.45, 7) is 8.14. The lowest BCUT2D eigenvalue weighted by atomic mass is 10.1. The summed E-state index contributed by atoms with van der Waals surface area (Å²) in [6, 6.07) is -0.306. The van der Waals surface area contributed by atoms with E-state index in [1.807, 2.05) is 25.7 Å². The van der Waals surface area contributed by atoms with E-state index in [0.29, 0.717) is 13.0 Å². The Morgan fingerprint density at radius 1 is 1.22 bits per heavy atom.